The van der Waals surface area contributed by atoms with Gasteiger partial charge in [-0.3, -0.25) is 0 Å². The number of hydrogen-bond donors (Lipinski definition) is 0. The van der Waals surface area contributed by atoms with Gasteiger partial charge in [0.1, 0.15) is 0 Å². The number of para-hydroxylation sites is 2. The lowest BCUT2D eigenvalue weighted by Crippen LogP contribution is -3.00. The molecule has 186 valence electrons. The van der Waals surface area contributed by atoms with Gasteiger partial charge in [-0.2, -0.15) is 9.13 Å². The molecule has 2 aromatic heterocycles. The summed E-state index contributed by atoms with van der Waals surface area (Å²) in [6, 6.07) is 43.8. The lowest BCUT2D eigenvalue weighted by atomic mass is 10.1. The first-order chi connectivity index (χ1) is 17.8. The maximum Gasteiger partial charge on any atom is 0.213 e. The zero-order valence-electron chi connectivity index (χ0n) is 20.8. The van der Waals surface area contributed by atoms with Crippen LogP contribution in [0.1, 0.15) is 11.1 Å². The highest BCUT2D eigenvalue weighted by Gasteiger charge is 2.15. The number of hydrogen-bond acceptors (Lipinski definition) is 0. The van der Waals surface area contributed by atoms with Crippen LogP contribution >= 0.6 is 0 Å². The zero-order chi connectivity index (χ0) is 23.9. The molecule has 0 bridgehead atoms. The average Bonchev–Trinajstić information content (AvgIpc) is 2.94. The predicted molar refractivity (Wildman–Crippen MR) is 148 cm³/mol. The molecule has 0 amide bonds. The normalized spacial score (nSPS) is 10.9. The summed E-state index contributed by atoms with van der Waals surface area (Å²) < 4.78 is 4.75. The molecule has 0 fully saturated rings. The van der Waals surface area contributed by atoms with Crippen molar-refractivity contribution < 1.29 is 43.1 Å². The molecule has 0 saturated carbocycles. The third kappa shape index (κ3) is 4.70. The smallest absolute Gasteiger partial charge is 0.213 e. The number of fused-ring (bicyclic) bond motifs is 6. The van der Waals surface area contributed by atoms with Crippen LogP contribution < -0.4 is 43.1 Å². The first kappa shape index (κ1) is 26.0. The van der Waals surface area contributed by atoms with E-state index in [-0.39, 0.29) is 34.0 Å². The van der Waals surface area contributed by atoms with Crippen LogP contribution in [-0.4, -0.2) is 0 Å². The van der Waals surface area contributed by atoms with Gasteiger partial charge in [-0.1, -0.05) is 84.9 Å². The van der Waals surface area contributed by atoms with E-state index < -0.39 is 0 Å². The van der Waals surface area contributed by atoms with E-state index in [1.54, 1.807) is 0 Å². The summed E-state index contributed by atoms with van der Waals surface area (Å²) in [6.07, 6.45) is 4.56. The molecule has 0 aliphatic carbocycles. The van der Waals surface area contributed by atoms with E-state index in [9.17, 15) is 0 Å². The van der Waals surface area contributed by atoms with Crippen molar-refractivity contribution in [2.75, 3.05) is 0 Å². The molecule has 0 aliphatic heterocycles. The molecule has 0 radical (unpaired) electrons. The van der Waals surface area contributed by atoms with Crippen molar-refractivity contribution in [1.82, 2.24) is 0 Å². The second kappa shape index (κ2) is 11.0. The molecule has 0 saturated heterocycles. The quantitative estimate of drug-likeness (QED) is 0.205. The van der Waals surface area contributed by atoms with E-state index in [4.69, 9.17) is 0 Å². The van der Waals surface area contributed by atoms with Gasteiger partial charge >= 0.3 is 0 Å². The summed E-state index contributed by atoms with van der Waals surface area (Å²) in [5.41, 5.74) is 5.13. The lowest BCUT2D eigenvalue weighted by Gasteiger charge is -2.07. The Morgan fingerprint density at radius 2 is 0.711 bits per heavy atom. The summed E-state index contributed by atoms with van der Waals surface area (Å²) in [6.45, 7) is 1.69. The molecule has 0 spiro atoms. The highest BCUT2D eigenvalue weighted by atomic mass is 79.9. The standard InChI is InChI=1S/C34H26N2.2BrH/c1-3-11-29-27(9-1)23-35(33-15-7-5-13-31(29)33)21-25-17-19-26(20-18-25)22-36-24-28-10-2-4-12-30(28)32-14-6-8-16-34(32)36;;/h1-20,23-24H,21-22H2;2*1H/q+2;;/p-2. The molecule has 2 nitrogen and oxygen atoms in total. The topological polar surface area (TPSA) is 7.76 Å². The van der Waals surface area contributed by atoms with Gasteiger partial charge in [-0.25, -0.2) is 0 Å². The van der Waals surface area contributed by atoms with Crippen molar-refractivity contribution in [2.45, 2.75) is 13.1 Å². The maximum absolute atomic E-state index is 2.37. The average molecular weight is 622 g/mol. The van der Waals surface area contributed by atoms with E-state index in [2.05, 4.69) is 143 Å². The second-order valence-corrected chi connectivity index (χ2v) is 9.54. The van der Waals surface area contributed by atoms with Gasteiger partial charge in [0.2, 0.25) is 11.0 Å². The van der Waals surface area contributed by atoms with Crippen LogP contribution in [0.25, 0.3) is 43.4 Å². The van der Waals surface area contributed by atoms with Gasteiger partial charge in [0.15, 0.2) is 25.5 Å². The molecule has 0 aliphatic rings. The van der Waals surface area contributed by atoms with Crippen molar-refractivity contribution in [3.63, 3.8) is 0 Å². The minimum atomic E-state index is 0. The lowest BCUT2D eigenvalue weighted by molar-refractivity contribution is -0.661. The van der Waals surface area contributed by atoms with Crippen LogP contribution in [0.5, 0.6) is 0 Å². The number of rotatable bonds is 4. The van der Waals surface area contributed by atoms with Crippen molar-refractivity contribution in [3.05, 3.63) is 145 Å². The number of benzene rings is 5. The number of nitrogens with zero attached hydrogens (tertiary/aromatic N) is 2. The first-order valence-corrected chi connectivity index (χ1v) is 12.5. The summed E-state index contributed by atoms with van der Waals surface area (Å²) >= 11 is 0. The molecular formula is C34H26Br2N2. The largest absolute Gasteiger partial charge is 1.00 e. The van der Waals surface area contributed by atoms with E-state index in [0.29, 0.717) is 0 Å². The molecule has 7 rings (SSSR count). The highest BCUT2D eigenvalue weighted by Crippen LogP contribution is 2.24. The second-order valence-electron chi connectivity index (χ2n) is 9.54. The molecule has 38 heavy (non-hydrogen) atoms. The Morgan fingerprint density at radius 1 is 0.368 bits per heavy atom. The van der Waals surface area contributed by atoms with E-state index in [1.807, 2.05) is 0 Å². The van der Waals surface area contributed by atoms with Crippen molar-refractivity contribution in [3.8, 4) is 0 Å². The van der Waals surface area contributed by atoms with Crippen molar-refractivity contribution >= 4 is 43.4 Å². The zero-order valence-corrected chi connectivity index (χ0v) is 23.9. The molecule has 4 heteroatoms. The van der Waals surface area contributed by atoms with Crippen molar-refractivity contribution in [1.29, 1.82) is 0 Å². The summed E-state index contributed by atoms with van der Waals surface area (Å²) in [4.78, 5) is 0. The molecular weight excluding hydrogens is 596 g/mol. The van der Waals surface area contributed by atoms with Crippen LogP contribution in [0.3, 0.4) is 0 Å². The van der Waals surface area contributed by atoms with Gasteiger partial charge in [0.25, 0.3) is 0 Å². The number of aromatic nitrogens is 2. The minimum Gasteiger partial charge on any atom is -1.00 e. The van der Waals surface area contributed by atoms with Crippen LogP contribution in [0, 0.1) is 0 Å². The number of pyridine rings is 2. The summed E-state index contributed by atoms with van der Waals surface area (Å²) in [7, 11) is 0. The Labute approximate surface area is 243 Å². The van der Waals surface area contributed by atoms with Gasteiger partial charge in [0, 0.05) is 44.8 Å². The van der Waals surface area contributed by atoms with Crippen LogP contribution in [0.4, 0.5) is 0 Å². The Kier molecular flexibility index (Phi) is 7.55. The molecule has 7 aromatic rings. The van der Waals surface area contributed by atoms with Crippen molar-refractivity contribution in [2.24, 2.45) is 0 Å². The Hall–Kier alpha value is -3.60. The molecule has 0 N–H and O–H groups in total. The van der Waals surface area contributed by atoms with E-state index >= 15 is 0 Å². The SMILES string of the molecule is [Br-].[Br-].c1ccc2c(c1)c[n+](Cc1ccc(C[n+]3cc4ccccc4c4ccccc43)cc1)c1ccccc21. The Balaban J connectivity index is 0.00000147. The van der Waals surface area contributed by atoms with Gasteiger partial charge < -0.3 is 34.0 Å². The highest BCUT2D eigenvalue weighted by molar-refractivity contribution is 6.04. The number of halogens is 2. The fourth-order valence-corrected chi connectivity index (χ4v) is 5.49. The molecule has 2 heterocycles. The van der Waals surface area contributed by atoms with E-state index in [1.165, 1.54) is 54.5 Å². The monoisotopic (exact) mass is 620 g/mol. The van der Waals surface area contributed by atoms with Crippen LogP contribution in [0.15, 0.2) is 134 Å². The van der Waals surface area contributed by atoms with Crippen LogP contribution in [-0.2, 0) is 13.1 Å². The van der Waals surface area contributed by atoms with Gasteiger partial charge in [-0.15, -0.1) is 0 Å². The first-order valence-electron chi connectivity index (χ1n) is 12.5. The fourth-order valence-electron chi connectivity index (χ4n) is 5.49. The Morgan fingerprint density at radius 3 is 1.13 bits per heavy atom. The summed E-state index contributed by atoms with van der Waals surface area (Å²) in [5.74, 6) is 0. The Bertz CT molecular complexity index is 1760. The van der Waals surface area contributed by atoms with Gasteiger partial charge in [-0.05, 0) is 24.3 Å². The molecule has 0 atom stereocenters. The third-order valence-corrected chi connectivity index (χ3v) is 7.25. The minimum absolute atomic E-state index is 0. The van der Waals surface area contributed by atoms with E-state index in [0.717, 1.165) is 13.1 Å². The van der Waals surface area contributed by atoms with Gasteiger partial charge in [0.05, 0.1) is 10.8 Å². The predicted octanol–water partition coefficient (Wildman–Crippen LogP) is 0.979. The fraction of sp³-hybridized carbons (Fsp3) is 0.0588. The van der Waals surface area contributed by atoms with Crippen LogP contribution in [0.2, 0.25) is 0 Å². The third-order valence-electron chi connectivity index (χ3n) is 7.25. The summed E-state index contributed by atoms with van der Waals surface area (Å²) in [5, 5.41) is 7.75. The molecule has 5 aromatic carbocycles. The molecule has 0 unspecified atom stereocenters. The maximum atomic E-state index is 2.37.